The number of aromatic nitrogens is 1. The molecule has 2 aromatic rings. The summed E-state index contributed by atoms with van der Waals surface area (Å²) in [5, 5.41) is 13.4. The van der Waals surface area contributed by atoms with Gasteiger partial charge in [0.25, 0.3) is 0 Å². The second-order valence-corrected chi connectivity index (χ2v) is 6.00. The molecule has 1 aromatic carbocycles. The zero-order valence-corrected chi connectivity index (χ0v) is 13.3. The lowest BCUT2D eigenvalue weighted by molar-refractivity contribution is -0.136. The Balaban J connectivity index is 2.74. The number of hydrogen-bond acceptors (Lipinski definition) is 3. The topological polar surface area (TPSA) is 62.2 Å². The van der Waals surface area contributed by atoms with Gasteiger partial charge in [0.05, 0.1) is 11.9 Å². The number of pyridine rings is 1. The predicted molar refractivity (Wildman–Crippen MR) is 84.3 cm³/mol. The number of carbonyl (C=O) groups is 1. The summed E-state index contributed by atoms with van der Waals surface area (Å²) in [4.78, 5) is 15.6. The molecule has 0 aliphatic carbocycles. The molecule has 0 radical (unpaired) electrons. The van der Waals surface area contributed by atoms with Gasteiger partial charge in [-0.25, -0.2) is 0 Å². The highest BCUT2D eigenvalue weighted by Crippen LogP contribution is 2.31. The number of rotatable bonds is 4. The molecule has 0 saturated heterocycles. The maximum atomic E-state index is 11.1. The Bertz CT molecular complexity index is 668. The molecule has 5 heteroatoms. The number of benzene rings is 1. The third kappa shape index (κ3) is 3.10. The first-order valence-electron chi connectivity index (χ1n) is 6.45. The van der Waals surface area contributed by atoms with Crippen LogP contribution in [0.25, 0.3) is 10.9 Å². The highest BCUT2D eigenvalue weighted by Gasteiger charge is 2.16. The summed E-state index contributed by atoms with van der Waals surface area (Å²) >= 11 is 3.45. The zero-order chi connectivity index (χ0) is 14.9. The second-order valence-electron chi connectivity index (χ2n) is 5.08. The summed E-state index contributed by atoms with van der Waals surface area (Å²) < 4.78 is 0.948. The molecule has 0 saturated carbocycles. The molecule has 4 nitrogen and oxygen atoms in total. The average Bonchev–Trinajstić information content (AvgIpc) is 2.33. The van der Waals surface area contributed by atoms with Gasteiger partial charge >= 0.3 is 5.97 Å². The molecule has 2 N–H and O–H groups in total. The Morgan fingerprint density at radius 2 is 2.15 bits per heavy atom. The number of carboxylic acids is 1. The Labute approximate surface area is 126 Å². The first-order chi connectivity index (χ1) is 9.38. The standard InChI is InChI=1S/C15H17BrN2O2/c1-8(2)17-15-11(7-14(19)20)9(3)18-13-5-4-10(16)6-12(13)15/h4-6,8H,7H2,1-3H3,(H,17,18)(H,19,20). The van der Waals surface area contributed by atoms with Gasteiger partial charge < -0.3 is 10.4 Å². The van der Waals surface area contributed by atoms with E-state index in [1.54, 1.807) is 0 Å². The van der Waals surface area contributed by atoms with E-state index >= 15 is 0 Å². The number of nitrogens with one attached hydrogen (secondary N) is 1. The maximum absolute atomic E-state index is 11.1. The highest BCUT2D eigenvalue weighted by atomic mass is 79.9. The maximum Gasteiger partial charge on any atom is 0.307 e. The molecule has 0 bridgehead atoms. The summed E-state index contributed by atoms with van der Waals surface area (Å²) in [5.74, 6) is -0.851. The first kappa shape index (κ1) is 14.8. The number of fused-ring (bicyclic) bond motifs is 1. The molecule has 1 heterocycles. The van der Waals surface area contributed by atoms with Crippen LogP contribution in [0, 0.1) is 6.92 Å². The molecular weight excluding hydrogens is 320 g/mol. The highest BCUT2D eigenvalue weighted by molar-refractivity contribution is 9.10. The molecule has 0 aliphatic heterocycles. The molecule has 0 unspecified atom stereocenters. The molecule has 0 fully saturated rings. The van der Waals surface area contributed by atoms with E-state index in [2.05, 4.69) is 26.2 Å². The number of nitrogens with zero attached hydrogens (tertiary/aromatic N) is 1. The van der Waals surface area contributed by atoms with Crippen molar-refractivity contribution in [1.29, 1.82) is 0 Å². The van der Waals surface area contributed by atoms with Crippen LogP contribution in [0.15, 0.2) is 22.7 Å². The second kappa shape index (κ2) is 5.79. The van der Waals surface area contributed by atoms with E-state index in [1.165, 1.54) is 0 Å². The summed E-state index contributed by atoms with van der Waals surface area (Å²) in [6.45, 7) is 5.92. The molecule has 106 valence electrons. The number of carboxylic acid groups (broad SMARTS) is 1. The summed E-state index contributed by atoms with van der Waals surface area (Å²) in [7, 11) is 0. The lowest BCUT2D eigenvalue weighted by Crippen LogP contribution is -2.15. The predicted octanol–water partition coefficient (Wildman–Crippen LogP) is 3.75. The van der Waals surface area contributed by atoms with Crippen LogP contribution in [0.5, 0.6) is 0 Å². The normalized spacial score (nSPS) is 11.1. The van der Waals surface area contributed by atoms with Crippen molar-refractivity contribution in [2.24, 2.45) is 0 Å². The summed E-state index contributed by atoms with van der Waals surface area (Å²) in [6.07, 6.45) is -0.0314. The van der Waals surface area contributed by atoms with Crippen LogP contribution in [0.1, 0.15) is 25.1 Å². The number of hydrogen-bond donors (Lipinski definition) is 2. The number of halogens is 1. The van der Waals surface area contributed by atoms with Crippen LogP contribution in [0.4, 0.5) is 5.69 Å². The van der Waals surface area contributed by atoms with Crippen molar-refractivity contribution in [2.75, 3.05) is 5.32 Å². The van der Waals surface area contributed by atoms with E-state index in [-0.39, 0.29) is 12.5 Å². The van der Waals surface area contributed by atoms with Gasteiger partial charge in [-0.3, -0.25) is 9.78 Å². The monoisotopic (exact) mass is 336 g/mol. The molecule has 0 amide bonds. The quantitative estimate of drug-likeness (QED) is 0.892. The largest absolute Gasteiger partial charge is 0.481 e. The van der Waals surface area contributed by atoms with Crippen LogP contribution in [0.2, 0.25) is 0 Å². The summed E-state index contributed by atoms with van der Waals surface area (Å²) in [5.41, 5.74) is 3.23. The van der Waals surface area contributed by atoms with Gasteiger partial charge in [0, 0.05) is 32.8 Å². The first-order valence-corrected chi connectivity index (χ1v) is 7.25. The van der Waals surface area contributed by atoms with Gasteiger partial charge in [-0.2, -0.15) is 0 Å². The Hall–Kier alpha value is -1.62. The zero-order valence-electron chi connectivity index (χ0n) is 11.7. The van der Waals surface area contributed by atoms with Crippen LogP contribution in [-0.2, 0) is 11.2 Å². The molecule has 0 spiro atoms. The molecule has 1 aromatic heterocycles. The van der Waals surface area contributed by atoms with Gasteiger partial charge in [-0.05, 0) is 39.0 Å². The minimum absolute atomic E-state index is 0.0314. The fraction of sp³-hybridized carbons (Fsp3) is 0.333. The van der Waals surface area contributed by atoms with Crippen molar-refractivity contribution in [3.63, 3.8) is 0 Å². The molecule has 0 aliphatic rings. The van der Waals surface area contributed by atoms with E-state index in [9.17, 15) is 4.79 Å². The van der Waals surface area contributed by atoms with Crippen LogP contribution < -0.4 is 5.32 Å². The summed E-state index contributed by atoms with van der Waals surface area (Å²) in [6, 6.07) is 6.05. The minimum Gasteiger partial charge on any atom is -0.481 e. The fourth-order valence-corrected chi connectivity index (χ4v) is 2.58. The van der Waals surface area contributed by atoms with Crippen molar-refractivity contribution in [3.8, 4) is 0 Å². The van der Waals surface area contributed by atoms with E-state index in [4.69, 9.17) is 5.11 Å². The Morgan fingerprint density at radius 1 is 1.45 bits per heavy atom. The third-order valence-electron chi connectivity index (χ3n) is 3.02. The van der Waals surface area contributed by atoms with Gasteiger partial charge in [-0.1, -0.05) is 15.9 Å². The lowest BCUT2D eigenvalue weighted by atomic mass is 10.0. The SMILES string of the molecule is Cc1nc2ccc(Br)cc2c(NC(C)C)c1CC(=O)O. The van der Waals surface area contributed by atoms with Gasteiger partial charge in [0.2, 0.25) is 0 Å². The van der Waals surface area contributed by atoms with E-state index in [0.717, 1.165) is 32.3 Å². The minimum atomic E-state index is -0.851. The van der Waals surface area contributed by atoms with Crippen molar-refractivity contribution in [1.82, 2.24) is 4.98 Å². The molecular formula is C15H17BrN2O2. The average molecular weight is 337 g/mol. The fourth-order valence-electron chi connectivity index (χ4n) is 2.22. The lowest BCUT2D eigenvalue weighted by Gasteiger charge is -2.18. The molecule has 0 atom stereocenters. The van der Waals surface area contributed by atoms with Crippen LogP contribution >= 0.6 is 15.9 Å². The number of aliphatic carboxylic acids is 1. The van der Waals surface area contributed by atoms with Gasteiger partial charge in [-0.15, -0.1) is 0 Å². The van der Waals surface area contributed by atoms with E-state index in [0.29, 0.717) is 0 Å². The third-order valence-corrected chi connectivity index (χ3v) is 3.51. The number of anilines is 1. The van der Waals surface area contributed by atoms with Crippen molar-refractivity contribution in [3.05, 3.63) is 33.9 Å². The van der Waals surface area contributed by atoms with Crippen molar-refractivity contribution in [2.45, 2.75) is 33.2 Å². The Morgan fingerprint density at radius 3 is 2.75 bits per heavy atom. The van der Waals surface area contributed by atoms with E-state index in [1.807, 2.05) is 39.0 Å². The van der Waals surface area contributed by atoms with Crippen LogP contribution in [-0.4, -0.2) is 22.1 Å². The number of aryl methyl sites for hydroxylation is 1. The molecule has 20 heavy (non-hydrogen) atoms. The van der Waals surface area contributed by atoms with Crippen molar-refractivity contribution >= 4 is 38.5 Å². The van der Waals surface area contributed by atoms with Crippen LogP contribution in [0.3, 0.4) is 0 Å². The smallest absolute Gasteiger partial charge is 0.307 e. The van der Waals surface area contributed by atoms with Crippen molar-refractivity contribution < 1.29 is 9.90 Å². The Kier molecular flexibility index (Phi) is 4.28. The van der Waals surface area contributed by atoms with Gasteiger partial charge in [0.15, 0.2) is 0 Å². The van der Waals surface area contributed by atoms with E-state index < -0.39 is 5.97 Å². The molecule has 2 rings (SSSR count). The van der Waals surface area contributed by atoms with Gasteiger partial charge in [0.1, 0.15) is 0 Å².